The summed E-state index contributed by atoms with van der Waals surface area (Å²) in [6.07, 6.45) is 14.9. The number of esters is 2. The monoisotopic (exact) mass is 649 g/mol. The Balaban J connectivity index is 1.72. The molecule has 0 amide bonds. The van der Waals surface area contributed by atoms with E-state index in [-0.39, 0.29) is 43.0 Å². The first-order valence-electron chi connectivity index (χ1n) is 16.2. The lowest BCUT2D eigenvalue weighted by atomic mass is 9.86. The number of unbranched alkanes of at least 4 members (excludes halogenated alkanes) is 5. The zero-order chi connectivity index (χ0) is 33.7. The van der Waals surface area contributed by atoms with Gasteiger partial charge in [-0.05, 0) is 74.1 Å². The molecule has 1 aromatic rings. The number of benzene rings is 1. The fourth-order valence-corrected chi connectivity index (χ4v) is 5.54. The SMILES string of the molecule is CCCCCCCC(=O)CC[C@@H]1[C@@H](C/C=C\CCCC(=O)Oc2ccc(/C=C/C(=O)OCCON(O)O)cc2OC)[C@@H](O)C[C@H]1O. The van der Waals surface area contributed by atoms with E-state index < -0.39 is 29.5 Å². The number of aliphatic hydroxyl groups excluding tert-OH is 2. The minimum Gasteiger partial charge on any atom is -0.493 e. The normalized spacial score (nSPS) is 19.7. The molecule has 0 aromatic heterocycles. The molecule has 4 atom stereocenters. The minimum absolute atomic E-state index is 0.0932. The van der Waals surface area contributed by atoms with Crippen molar-refractivity contribution in [1.29, 1.82) is 0 Å². The molecule has 0 spiro atoms. The molecular weight excluding hydrogens is 598 g/mol. The first-order valence-corrected chi connectivity index (χ1v) is 16.2. The van der Waals surface area contributed by atoms with Crippen LogP contribution < -0.4 is 9.47 Å². The number of ketones is 1. The zero-order valence-electron chi connectivity index (χ0n) is 27.1. The summed E-state index contributed by atoms with van der Waals surface area (Å²) in [6.45, 7) is 1.74. The van der Waals surface area contributed by atoms with Gasteiger partial charge in [0.05, 0.1) is 24.7 Å². The number of allylic oxidation sites excluding steroid dienone is 2. The van der Waals surface area contributed by atoms with Gasteiger partial charge in [-0.2, -0.15) is 0 Å². The number of Topliss-reactive ketones (excluding diaryl/α,β-unsaturated/α-hetero) is 1. The van der Waals surface area contributed by atoms with Crippen molar-refractivity contribution in [3.63, 3.8) is 0 Å². The highest BCUT2D eigenvalue weighted by Gasteiger charge is 2.40. The Morgan fingerprint density at radius 3 is 2.41 bits per heavy atom. The topological polar surface area (TPSA) is 172 Å². The van der Waals surface area contributed by atoms with Crippen LogP contribution in [0, 0.1) is 11.8 Å². The summed E-state index contributed by atoms with van der Waals surface area (Å²) < 4.78 is 15.6. The van der Waals surface area contributed by atoms with Gasteiger partial charge in [0.1, 0.15) is 19.0 Å². The van der Waals surface area contributed by atoms with Crippen molar-refractivity contribution < 1.29 is 54.1 Å². The van der Waals surface area contributed by atoms with Crippen LogP contribution >= 0.6 is 0 Å². The third kappa shape index (κ3) is 15.4. The van der Waals surface area contributed by atoms with Crippen LogP contribution in [0.2, 0.25) is 0 Å². The van der Waals surface area contributed by atoms with E-state index in [2.05, 4.69) is 11.8 Å². The van der Waals surface area contributed by atoms with Crippen molar-refractivity contribution in [1.82, 2.24) is 5.39 Å². The molecule has 1 saturated carbocycles. The Hall–Kier alpha value is -3.13. The molecule has 1 aliphatic rings. The smallest absolute Gasteiger partial charge is 0.330 e. The zero-order valence-corrected chi connectivity index (χ0v) is 27.1. The fraction of sp³-hybridized carbons (Fsp3) is 0.618. The van der Waals surface area contributed by atoms with Crippen molar-refractivity contribution in [3.8, 4) is 11.5 Å². The van der Waals surface area contributed by atoms with Crippen molar-refractivity contribution in [2.45, 2.75) is 103 Å². The molecule has 2 rings (SSSR count). The highest BCUT2D eigenvalue weighted by molar-refractivity contribution is 5.87. The summed E-state index contributed by atoms with van der Waals surface area (Å²) in [4.78, 5) is 40.8. The quantitative estimate of drug-likeness (QED) is 0.0299. The van der Waals surface area contributed by atoms with Gasteiger partial charge >= 0.3 is 11.9 Å². The number of hydrogen-bond donors (Lipinski definition) is 4. The van der Waals surface area contributed by atoms with Gasteiger partial charge in [-0.15, -0.1) is 0 Å². The predicted molar refractivity (Wildman–Crippen MR) is 169 cm³/mol. The Morgan fingerprint density at radius 2 is 1.67 bits per heavy atom. The number of aliphatic hydroxyl groups is 2. The molecule has 0 aliphatic heterocycles. The van der Waals surface area contributed by atoms with Gasteiger partial charge in [0, 0.05) is 25.3 Å². The highest BCUT2D eigenvalue weighted by Crippen LogP contribution is 2.38. The van der Waals surface area contributed by atoms with Crippen LogP contribution in [0.25, 0.3) is 6.08 Å². The van der Waals surface area contributed by atoms with Gasteiger partial charge in [-0.3, -0.25) is 20.0 Å². The lowest BCUT2D eigenvalue weighted by Crippen LogP contribution is -2.22. The Morgan fingerprint density at radius 1 is 0.913 bits per heavy atom. The van der Waals surface area contributed by atoms with Crippen LogP contribution in [0.3, 0.4) is 0 Å². The molecule has 0 unspecified atom stereocenters. The second-order valence-corrected chi connectivity index (χ2v) is 11.5. The minimum atomic E-state index is -0.665. The molecule has 0 heterocycles. The van der Waals surface area contributed by atoms with E-state index in [1.807, 2.05) is 12.2 Å². The van der Waals surface area contributed by atoms with E-state index in [1.165, 1.54) is 32.1 Å². The number of ether oxygens (including phenoxy) is 3. The standard InChI is InChI=1S/C34H51NO11/c1-3-4-5-6-9-12-26(36)17-18-28-27(29(37)24-30(28)38)13-10-7-8-11-14-34(40)46-31-19-15-25(23-32(31)43-2)16-20-33(39)44-21-22-45-35(41)42/h7,10,15-16,19-20,23,27-30,37-38,41-42H,3-6,8-9,11-14,17-18,21-22,24H2,1-2H3/b10-7-,20-16+/t27-,28-,29+,30-/m1/s1. The second kappa shape index (κ2) is 22.4. The van der Waals surface area contributed by atoms with Gasteiger partial charge in [0.2, 0.25) is 0 Å². The fourth-order valence-electron chi connectivity index (χ4n) is 5.54. The summed E-state index contributed by atoms with van der Waals surface area (Å²) in [5.41, 5.74) is 0.596. The van der Waals surface area contributed by atoms with Gasteiger partial charge in [-0.1, -0.05) is 50.8 Å². The van der Waals surface area contributed by atoms with Gasteiger partial charge in [0.25, 0.3) is 0 Å². The van der Waals surface area contributed by atoms with Crippen LogP contribution in [-0.4, -0.2) is 76.3 Å². The first kappa shape index (κ1) is 39.1. The summed E-state index contributed by atoms with van der Waals surface area (Å²) in [7, 11) is 1.43. The van der Waals surface area contributed by atoms with E-state index in [0.29, 0.717) is 56.3 Å². The molecule has 4 N–H and O–H groups in total. The third-order valence-electron chi connectivity index (χ3n) is 8.02. The first-order chi connectivity index (χ1) is 22.1. The number of carbonyl (C=O) groups excluding carboxylic acids is 3. The molecule has 1 fully saturated rings. The van der Waals surface area contributed by atoms with Gasteiger partial charge in [0.15, 0.2) is 11.5 Å². The summed E-state index contributed by atoms with van der Waals surface area (Å²) in [6, 6.07) is 4.80. The molecule has 0 radical (unpaired) electrons. The molecule has 46 heavy (non-hydrogen) atoms. The summed E-state index contributed by atoms with van der Waals surface area (Å²) in [5.74, 6) is -0.494. The van der Waals surface area contributed by atoms with E-state index in [9.17, 15) is 24.6 Å². The van der Waals surface area contributed by atoms with Crippen LogP contribution in [-0.2, 0) is 24.0 Å². The maximum absolute atomic E-state index is 12.4. The number of hydrogen-bond acceptors (Lipinski definition) is 12. The maximum Gasteiger partial charge on any atom is 0.330 e. The average molecular weight is 650 g/mol. The summed E-state index contributed by atoms with van der Waals surface area (Å²) in [5, 5.41) is 37.4. The summed E-state index contributed by atoms with van der Waals surface area (Å²) >= 11 is 0. The molecule has 1 aromatic carbocycles. The maximum atomic E-state index is 12.4. The highest BCUT2D eigenvalue weighted by atomic mass is 17.1. The molecule has 1 aliphatic carbocycles. The van der Waals surface area contributed by atoms with Crippen molar-refractivity contribution in [2.75, 3.05) is 20.3 Å². The molecule has 0 saturated heterocycles. The Bertz CT molecular complexity index is 1120. The lowest BCUT2D eigenvalue weighted by molar-refractivity contribution is -0.493. The Labute approximate surface area is 271 Å². The molecule has 0 bridgehead atoms. The van der Waals surface area contributed by atoms with E-state index in [0.717, 1.165) is 19.3 Å². The van der Waals surface area contributed by atoms with E-state index in [1.54, 1.807) is 18.2 Å². The molecule has 12 heteroatoms. The second-order valence-electron chi connectivity index (χ2n) is 11.5. The number of rotatable bonds is 23. The molecular formula is C34H51NO11. The Kier molecular flexibility index (Phi) is 19.0. The van der Waals surface area contributed by atoms with Crippen LogP contribution in [0.4, 0.5) is 0 Å². The van der Waals surface area contributed by atoms with Gasteiger partial charge in [-0.25, -0.2) is 9.63 Å². The van der Waals surface area contributed by atoms with Crippen molar-refractivity contribution in [3.05, 3.63) is 42.0 Å². The average Bonchev–Trinajstić information content (AvgIpc) is 3.30. The third-order valence-corrected chi connectivity index (χ3v) is 8.02. The van der Waals surface area contributed by atoms with Crippen LogP contribution in [0.15, 0.2) is 36.4 Å². The number of nitrogens with zero attached hydrogens (tertiary/aromatic N) is 1. The van der Waals surface area contributed by atoms with Crippen molar-refractivity contribution in [2.24, 2.45) is 11.8 Å². The number of carbonyl (C=O) groups is 3. The molecule has 12 nitrogen and oxygen atoms in total. The van der Waals surface area contributed by atoms with Crippen LogP contribution in [0.5, 0.6) is 11.5 Å². The van der Waals surface area contributed by atoms with E-state index in [4.69, 9.17) is 24.6 Å². The molecule has 258 valence electrons. The van der Waals surface area contributed by atoms with E-state index >= 15 is 0 Å². The van der Waals surface area contributed by atoms with Crippen molar-refractivity contribution >= 4 is 23.8 Å². The lowest BCUT2D eigenvalue weighted by Gasteiger charge is -2.22. The van der Waals surface area contributed by atoms with Gasteiger partial charge < -0.3 is 24.4 Å². The van der Waals surface area contributed by atoms with Crippen LogP contribution in [0.1, 0.15) is 96.0 Å². The number of methoxy groups -OCH3 is 1. The largest absolute Gasteiger partial charge is 0.493 e. The predicted octanol–water partition coefficient (Wildman–Crippen LogP) is 5.35.